The van der Waals surface area contributed by atoms with Crippen LogP contribution in [-0.4, -0.2) is 36.9 Å². The van der Waals surface area contributed by atoms with Gasteiger partial charge in [0.15, 0.2) is 5.76 Å². The molecule has 0 saturated carbocycles. The molecule has 2 aromatic carbocycles. The minimum atomic E-state index is -3.58. The summed E-state index contributed by atoms with van der Waals surface area (Å²) in [5.41, 5.74) is 0.765. The van der Waals surface area contributed by atoms with Gasteiger partial charge in [-0.15, -0.1) is 0 Å². The number of hydrogen-bond acceptors (Lipinski definition) is 5. The van der Waals surface area contributed by atoms with E-state index in [9.17, 15) is 13.2 Å². The van der Waals surface area contributed by atoms with Crippen LogP contribution in [-0.2, 0) is 21.4 Å². The fourth-order valence-corrected chi connectivity index (χ4v) is 5.16. The van der Waals surface area contributed by atoms with Crippen LogP contribution in [0.3, 0.4) is 0 Å². The van der Waals surface area contributed by atoms with Crippen molar-refractivity contribution in [1.29, 1.82) is 0 Å². The van der Waals surface area contributed by atoms with Crippen LogP contribution in [0.15, 0.2) is 57.9 Å². The Morgan fingerprint density at radius 3 is 2.55 bits per heavy atom. The Labute approximate surface area is 169 Å². The van der Waals surface area contributed by atoms with E-state index in [1.807, 2.05) is 37.3 Å². The summed E-state index contributed by atoms with van der Waals surface area (Å²) in [7, 11) is -3.58. The van der Waals surface area contributed by atoms with Gasteiger partial charge in [0.25, 0.3) is 0 Å². The van der Waals surface area contributed by atoms with Crippen molar-refractivity contribution in [3.8, 4) is 0 Å². The number of fused-ring (bicyclic) bond motifs is 1. The SMILES string of the molecule is Cc1cc(CNC(=O)C2CCN(S(=O)(=O)c3ccc4ccccc4c3)CC2)on1. The Hall–Kier alpha value is -2.71. The second-order valence-corrected chi connectivity index (χ2v) is 9.28. The molecule has 1 fully saturated rings. The molecule has 152 valence electrons. The molecule has 29 heavy (non-hydrogen) atoms. The van der Waals surface area contributed by atoms with Gasteiger partial charge in [-0.1, -0.05) is 35.5 Å². The third-order valence-electron chi connectivity index (χ3n) is 5.30. The summed E-state index contributed by atoms with van der Waals surface area (Å²) >= 11 is 0. The van der Waals surface area contributed by atoms with Crippen LogP contribution in [0.2, 0.25) is 0 Å². The van der Waals surface area contributed by atoms with Crippen LogP contribution in [0.25, 0.3) is 10.8 Å². The van der Waals surface area contributed by atoms with Crippen LogP contribution >= 0.6 is 0 Å². The topological polar surface area (TPSA) is 92.5 Å². The van der Waals surface area contributed by atoms with Crippen LogP contribution in [0.1, 0.15) is 24.3 Å². The molecule has 1 amide bonds. The average molecular weight is 413 g/mol. The zero-order valence-electron chi connectivity index (χ0n) is 16.2. The number of nitrogens with zero attached hydrogens (tertiary/aromatic N) is 2. The van der Waals surface area contributed by atoms with Crippen molar-refractivity contribution in [3.05, 3.63) is 60.0 Å². The maximum atomic E-state index is 13.0. The smallest absolute Gasteiger partial charge is 0.243 e. The molecule has 8 heteroatoms. The molecule has 0 radical (unpaired) electrons. The highest BCUT2D eigenvalue weighted by Crippen LogP contribution is 2.26. The third-order valence-corrected chi connectivity index (χ3v) is 7.19. The number of carbonyl (C=O) groups excluding carboxylic acids is 1. The highest BCUT2D eigenvalue weighted by Gasteiger charge is 2.32. The lowest BCUT2D eigenvalue weighted by molar-refractivity contribution is -0.126. The highest BCUT2D eigenvalue weighted by atomic mass is 32.2. The molecular weight excluding hydrogens is 390 g/mol. The van der Waals surface area contributed by atoms with Crippen LogP contribution in [0, 0.1) is 12.8 Å². The van der Waals surface area contributed by atoms with Gasteiger partial charge < -0.3 is 9.84 Å². The summed E-state index contributed by atoms with van der Waals surface area (Å²) in [6.07, 6.45) is 0.988. The van der Waals surface area contributed by atoms with Gasteiger partial charge in [0, 0.05) is 25.1 Å². The maximum absolute atomic E-state index is 13.0. The van der Waals surface area contributed by atoms with E-state index in [2.05, 4.69) is 10.5 Å². The largest absolute Gasteiger partial charge is 0.359 e. The summed E-state index contributed by atoms with van der Waals surface area (Å²) < 4.78 is 32.6. The first-order valence-electron chi connectivity index (χ1n) is 9.62. The minimum Gasteiger partial charge on any atom is -0.359 e. The second kappa shape index (κ2) is 7.96. The number of aromatic nitrogens is 1. The van der Waals surface area contributed by atoms with Gasteiger partial charge in [0.05, 0.1) is 17.1 Å². The molecule has 0 unspecified atom stereocenters. The molecule has 0 bridgehead atoms. The number of hydrogen-bond donors (Lipinski definition) is 1. The van der Waals surface area contributed by atoms with E-state index in [-0.39, 0.29) is 18.4 Å². The van der Waals surface area contributed by atoms with Gasteiger partial charge in [-0.3, -0.25) is 4.79 Å². The second-order valence-electron chi connectivity index (χ2n) is 7.34. The van der Waals surface area contributed by atoms with Gasteiger partial charge in [-0.25, -0.2) is 8.42 Å². The molecule has 1 N–H and O–H groups in total. The van der Waals surface area contributed by atoms with Gasteiger partial charge in [-0.05, 0) is 42.7 Å². The molecular formula is C21H23N3O4S. The van der Waals surface area contributed by atoms with E-state index in [0.29, 0.717) is 36.6 Å². The standard InChI is InChI=1S/C21H23N3O4S/c1-15-12-19(28-23-15)14-22-21(25)17-8-10-24(11-9-17)29(26,27)20-7-6-16-4-2-3-5-18(16)13-20/h2-7,12-13,17H,8-11,14H2,1H3,(H,22,25). The molecule has 0 aliphatic carbocycles. The normalized spacial score (nSPS) is 16.2. The van der Waals surface area contributed by atoms with E-state index in [1.54, 1.807) is 18.2 Å². The van der Waals surface area contributed by atoms with E-state index >= 15 is 0 Å². The Morgan fingerprint density at radius 2 is 1.86 bits per heavy atom. The maximum Gasteiger partial charge on any atom is 0.243 e. The molecule has 1 aliphatic rings. The van der Waals surface area contributed by atoms with Gasteiger partial charge in [-0.2, -0.15) is 4.31 Å². The van der Waals surface area contributed by atoms with Crippen LogP contribution < -0.4 is 5.32 Å². The number of piperidine rings is 1. The first kappa shape index (κ1) is 19.6. The quantitative estimate of drug-likeness (QED) is 0.694. The number of rotatable bonds is 5. The lowest BCUT2D eigenvalue weighted by Crippen LogP contribution is -2.42. The lowest BCUT2D eigenvalue weighted by atomic mass is 9.97. The molecule has 2 heterocycles. The van der Waals surface area contributed by atoms with Crippen molar-refractivity contribution in [1.82, 2.24) is 14.8 Å². The molecule has 4 rings (SSSR count). The van der Waals surface area contributed by atoms with Crippen molar-refractivity contribution in [2.24, 2.45) is 5.92 Å². The molecule has 7 nitrogen and oxygen atoms in total. The van der Waals surface area contributed by atoms with E-state index in [4.69, 9.17) is 4.52 Å². The first-order valence-corrected chi connectivity index (χ1v) is 11.1. The summed E-state index contributed by atoms with van der Waals surface area (Å²) in [4.78, 5) is 12.7. The number of carbonyl (C=O) groups is 1. The minimum absolute atomic E-state index is 0.0817. The number of nitrogens with one attached hydrogen (secondary N) is 1. The average Bonchev–Trinajstić information content (AvgIpc) is 3.17. The zero-order chi connectivity index (χ0) is 20.4. The molecule has 1 aliphatic heterocycles. The predicted octanol–water partition coefficient (Wildman–Crippen LogP) is 2.85. The molecule has 0 atom stereocenters. The Morgan fingerprint density at radius 1 is 1.14 bits per heavy atom. The number of benzene rings is 2. The summed E-state index contributed by atoms with van der Waals surface area (Å²) in [5, 5.41) is 8.54. The molecule has 1 saturated heterocycles. The fourth-order valence-electron chi connectivity index (χ4n) is 3.65. The summed E-state index contributed by atoms with van der Waals surface area (Å²) in [5.74, 6) is 0.316. The van der Waals surface area contributed by atoms with E-state index < -0.39 is 10.0 Å². The predicted molar refractivity (Wildman–Crippen MR) is 109 cm³/mol. The first-order chi connectivity index (χ1) is 13.9. The van der Waals surface area contributed by atoms with Gasteiger partial charge in [0.2, 0.25) is 15.9 Å². The van der Waals surface area contributed by atoms with E-state index in [1.165, 1.54) is 4.31 Å². The van der Waals surface area contributed by atoms with Crippen LogP contribution in [0.5, 0.6) is 0 Å². The molecule has 0 spiro atoms. The van der Waals surface area contributed by atoms with E-state index in [0.717, 1.165) is 16.5 Å². The van der Waals surface area contributed by atoms with Gasteiger partial charge >= 0.3 is 0 Å². The Bertz CT molecular complexity index is 1130. The number of aryl methyl sites for hydroxylation is 1. The summed E-state index contributed by atoms with van der Waals surface area (Å²) in [6.45, 7) is 2.76. The Kier molecular flexibility index (Phi) is 5.38. The van der Waals surface area contributed by atoms with Crippen LogP contribution in [0.4, 0.5) is 0 Å². The fraction of sp³-hybridized carbons (Fsp3) is 0.333. The Balaban J connectivity index is 1.38. The van der Waals surface area contributed by atoms with Gasteiger partial charge in [0.1, 0.15) is 0 Å². The van der Waals surface area contributed by atoms with Crippen molar-refractivity contribution in [3.63, 3.8) is 0 Å². The van der Waals surface area contributed by atoms with Crippen molar-refractivity contribution >= 4 is 26.7 Å². The molecule has 3 aromatic rings. The van der Waals surface area contributed by atoms with Crippen molar-refractivity contribution in [2.45, 2.75) is 31.2 Å². The van der Waals surface area contributed by atoms with Crippen molar-refractivity contribution < 1.29 is 17.7 Å². The number of amides is 1. The molecule has 1 aromatic heterocycles. The summed E-state index contributed by atoms with van der Waals surface area (Å²) in [6, 6.07) is 14.6. The third kappa shape index (κ3) is 4.18. The highest BCUT2D eigenvalue weighted by molar-refractivity contribution is 7.89. The number of sulfonamides is 1. The lowest BCUT2D eigenvalue weighted by Gasteiger charge is -2.30. The zero-order valence-corrected chi connectivity index (χ0v) is 17.0. The van der Waals surface area contributed by atoms with Crippen molar-refractivity contribution in [2.75, 3.05) is 13.1 Å². The monoisotopic (exact) mass is 413 g/mol.